The van der Waals surface area contributed by atoms with E-state index in [0.29, 0.717) is 11.8 Å². The Hall–Kier alpha value is -0.820. The molecule has 0 aliphatic heterocycles. The zero-order valence-electron chi connectivity index (χ0n) is 13.1. The highest BCUT2D eigenvalue weighted by Gasteiger charge is 2.76. The van der Waals surface area contributed by atoms with Crippen LogP contribution in [0.2, 0.25) is 0 Å². The van der Waals surface area contributed by atoms with Crippen molar-refractivity contribution >= 4 is 0 Å². The number of hydrogen-bond acceptors (Lipinski definition) is 1. The molecule has 0 aromatic heterocycles. The number of aliphatic hydroxyl groups is 1. The predicted molar refractivity (Wildman–Crippen MR) is 82.1 cm³/mol. The predicted octanol–water partition coefficient (Wildman–Crippen LogP) is 4.11. The highest BCUT2D eigenvalue weighted by Crippen LogP contribution is 2.79. The number of fused-ring (bicyclic) bond motifs is 5. The van der Waals surface area contributed by atoms with Gasteiger partial charge in [0.2, 0.25) is 0 Å². The van der Waals surface area contributed by atoms with Gasteiger partial charge >= 0.3 is 0 Å². The Morgan fingerprint density at radius 2 is 1.75 bits per heavy atom. The van der Waals surface area contributed by atoms with E-state index in [4.69, 9.17) is 0 Å². The Morgan fingerprint density at radius 3 is 2.40 bits per heavy atom. The summed E-state index contributed by atoms with van der Waals surface area (Å²) in [5.74, 6) is 0.929. The molecule has 108 valence electrons. The monoisotopic (exact) mass is 270 g/mol. The molecule has 20 heavy (non-hydrogen) atoms. The standard InChI is InChI=1S/C19H26O/c1-16(2)13-8-10-18(4,15(13)20)19(16)12-11-17(3)9-6-5-7-14(17)19/h5-7,9,11-15,20H,8,10H2,1-4H3/t13-,14+,15?,17+,18+,19-/m1/s1. The van der Waals surface area contributed by atoms with Crippen molar-refractivity contribution in [1.29, 1.82) is 0 Å². The number of rotatable bonds is 0. The van der Waals surface area contributed by atoms with Crippen LogP contribution in [0.1, 0.15) is 40.5 Å². The van der Waals surface area contributed by atoms with Crippen molar-refractivity contribution in [2.75, 3.05) is 0 Å². The minimum atomic E-state index is -0.149. The van der Waals surface area contributed by atoms with Crippen molar-refractivity contribution < 1.29 is 5.11 Å². The Bertz CT molecular complexity index is 554. The van der Waals surface area contributed by atoms with Gasteiger partial charge in [-0.3, -0.25) is 0 Å². The lowest BCUT2D eigenvalue weighted by atomic mass is 9.46. The first kappa shape index (κ1) is 12.9. The van der Waals surface area contributed by atoms with Gasteiger partial charge in [-0.15, -0.1) is 0 Å². The van der Waals surface area contributed by atoms with Crippen molar-refractivity contribution in [3.8, 4) is 0 Å². The van der Waals surface area contributed by atoms with Crippen LogP contribution in [0.4, 0.5) is 0 Å². The average molecular weight is 270 g/mol. The van der Waals surface area contributed by atoms with Gasteiger partial charge in [0, 0.05) is 16.2 Å². The molecule has 0 aromatic rings. The Labute approximate surface area is 122 Å². The first-order chi connectivity index (χ1) is 9.30. The van der Waals surface area contributed by atoms with Crippen LogP contribution in [0.5, 0.6) is 0 Å². The molecule has 0 amide bonds. The normalized spacial score (nSPS) is 57.8. The molecule has 1 spiro atoms. The Balaban J connectivity index is 1.96. The van der Waals surface area contributed by atoms with E-state index in [1.807, 2.05) is 0 Å². The Kier molecular flexibility index (Phi) is 2.14. The summed E-state index contributed by atoms with van der Waals surface area (Å²) < 4.78 is 0. The maximum atomic E-state index is 10.9. The topological polar surface area (TPSA) is 20.2 Å². The quantitative estimate of drug-likeness (QED) is 0.657. The molecule has 1 N–H and O–H groups in total. The van der Waals surface area contributed by atoms with Crippen molar-refractivity contribution in [3.63, 3.8) is 0 Å². The second kappa shape index (κ2) is 3.32. The maximum Gasteiger partial charge on any atom is 0.0636 e. The Morgan fingerprint density at radius 1 is 1.00 bits per heavy atom. The first-order valence-electron chi connectivity index (χ1n) is 8.04. The van der Waals surface area contributed by atoms with Crippen LogP contribution in [0.15, 0.2) is 36.5 Å². The molecule has 4 aliphatic carbocycles. The summed E-state index contributed by atoms with van der Waals surface area (Å²) >= 11 is 0. The second-order valence-electron chi connectivity index (χ2n) is 8.52. The first-order valence-corrected chi connectivity index (χ1v) is 8.04. The highest BCUT2D eigenvalue weighted by atomic mass is 16.3. The fourth-order valence-electron chi connectivity index (χ4n) is 6.58. The van der Waals surface area contributed by atoms with E-state index in [1.165, 1.54) is 6.42 Å². The van der Waals surface area contributed by atoms with Crippen LogP contribution in [-0.4, -0.2) is 11.2 Å². The molecule has 1 unspecified atom stereocenters. The highest BCUT2D eigenvalue weighted by molar-refractivity contribution is 5.42. The van der Waals surface area contributed by atoms with Gasteiger partial charge in [-0.25, -0.2) is 0 Å². The van der Waals surface area contributed by atoms with E-state index < -0.39 is 0 Å². The summed E-state index contributed by atoms with van der Waals surface area (Å²) in [6.07, 6.45) is 16.2. The minimum absolute atomic E-state index is 0.0234. The molecule has 2 bridgehead atoms. The van der Waals surface area contributed by atoms with Crippen molar-refractivity contribution in [1.82, 2.24) is 0 Å². The largest absolute Gasteiger partial charge is 0.392 e. The summed E-state index contributed by atoms with van der Waals surface area (Å²) in [5, 5.41) is 10.9. The fourth-order valence-corrected chi connectivity index (χ4v) is 6.58. The van der Waals surface area contributed by atoms with Crippen LogP contribution in [0, 0.1) is 33.5 Å². The van der Waals surface area contributed by atoms with Crippen molar-refractivity contribution in [3.05, 3.63) is 36.5 Å². The van der Waals surface area contributed by atoms with E-state index in [2.05, 4.69) is 64.2 Å². The summed E-state index contributed by atoms with van der Waals surface area (Å²) in [5.41, 5.74) is 0.404. The molecule has 4 aliphatic rings. The van der Waals surface area contributed by atoms with E-state index in [0.717, 1.165) is 6.42 Å². The van der Waals surface area contributed by atoms with Crippen LogP contribution >= 0.6 is 0 Å². The molecule has 1 nitrogen and oxygen atoms in total. The van der Waals surface area contributed by atoms with Gasteiger partial charge in [0.05, 0.1) is 6.10 Å². The molecule has 2 fully saturated rings. The third-order valence-electron chi connectivity index (χ3n) is 7.68. The summed E-state index contributed by atoms with van der Waals surface area (Å²) in [4.78, 5) is 0. The molecule has 0 aromatic carbocycles. The molecule has 0 radical (unpaired) electrons. The number of aliphatic hydroxyl groups excluding tert-OH is 1. The zero-order valence-corrected chi connectivity index (χ0v) is 13.1. The van der Waals surface area contributed by atoms with Crippen LogP contribution in [0.3, 0.4) is 0 Å². The molecule has 2 saturated carbocycles. The van der Waals surface area contributed by atoms with Gasteiger partial charge in [0.25, 0.3) is 0 Å². The van der Waals surface area contributed by atoms with Crippen LogP contribution in [-0.2, 0) is 0 Å². The molecule has 0 heterocycles. The lowest BCUT2D eigenvalue weighted by molar-refractivity contribution is -0.0570. The summed E-state index contributed by atoms with van der Waals surface area (Å²) in [6.45, 7) is 9.48. The van der Waals surface area contributed by atoms with Gasteiger partial charge < -0.3 is 5.11 Å². The fraction of sp³-hybridized carbons (Fsp3) is 0.684. The molecular weight excluding hydrogens is 244 g/mol. The van der Waals surface area contributed by atoms with Gasteiger partial charge in [-0.1, -0.05) is 64.2 Å². The second-order valence-corrected chi connectivity index (χ2v) is 8.52. The number of allylic oxidation sites excluding steroid dienone is 6. The SMILES string of the molecule is CC1(C)[C@@H]2CC[C@@](C)(C2O)[C@@]12C=C[C@]1(C)C=CC=C[C@@H]12. The third-order valence-corrected chi connectivity index (χ3v) is 7.68. The lowest BCUT2D eigenvalue weighted by Crippen LogP contribution is -2.52. The van der Waals surface area contributed by atoms with Crippen LogP contribution in [0.25, 0.3) is 0 Å². The summed E-state index contributed by atoms with van der Waals surface area (Å²) in [6, 6.07) is 0. The van der Waals surface area contributed by atoms with Crippen molar-refractivity contribution in [2.24, 2.45) is 33.5 Å². The maximum absolute atomic E-state index is 10.9. The average Bonchev–Trinajstić information content (AvgIpc) is 2.90. The number of hydrogen-bond donors (Lipinski definition) is 1. The van der Waals surface area contributed by atoms with Crippen molar-refractivity contribution in [2.45, 2.75) is 46.6 Å². The zero-order chi connectivity index (χ0) is 14.4. The minimum Gasteiger partial charge on any atom is -0.392 e. The van der Waals surface area contributed by atoms with E-state index in [-0.39, 0.29) is 27.8 Å². The van der Waals surface area contributed by atoms with Gasteiger partial charge in [-0.2, -0.15) is 0 Å². The lowest BCUT2D eigenvalue weighted by Gasteiger charge is -2.56. The molecule has 6 atom stereocenters. The van der Waals surface area contributed by atoms with E-state index in [1.54, 1.807) is 0 Å². The third kappa shape index (κ3) is 1.03. The molecular formula is C19H26O. The van der Waals surface area contributed by atoms with E-state index in [9.17, 15) is 5.11 Å². The molecule has 1 heteroatoms. The molecule has 0 saturated heterocycles. The molecule has 4 rings (SSSR count). The van der Waals surface area contributed by atoms with Gasteiger partial charge in [0.1, 0.15) is 0 Å². The van der Waals surface area contributed by atoms with Crippen LogP contribution < -0.4 is 0 Å². The van der Waals surface area contributed by atoms with E-state index >= 15 is 0 Å². The van der Waals surface area contributed by atoms with Gasteiger partial charge in [-0.05, 0) is 30.1 Å². The smallest absolute Gasteiger partial charge is 0.0636 e. The summed E-state index contributed by atoms with van der Waals surface area (Å²) in [7, 11) is 0. The van der Waals surface area contributed by atoms with Gasteiger partial charge in [0.15, 0.2) is 0 Å².